The molecule has 0 aliphatic heterocycles. The van der Waals surface area contributed by atoms with Gasteiger partial charge in [-0.2, -0.15) is 25.3 Å². The molecule has 0 amide bonds. The largest absolute Gasteiger partial charge is 0.507 e. The molecule has 0 aromatic heterocycles. The van der Waals surface area contributed by atoms with E-state index >= 15 is 0 Å². The van der Waals surface area contributed by atoms with Crippen LogP contribution < -0.4 is 0 Å². The number of aromatic hydroxyl groups is 1. The van der Waals surface area contributed by atoms with Crippen molar-refractivity contribution >= 4 is 37.2 Å². The molecule has 0 radical (unpaired) electrons. The fourth-order valence-electron chi connectivity index (χ4n) is 3.41. The number of phenols is 1. The SMILES string of the molecule is Cc1c(C(S)CC(=O)O)c(C)c(C(C)(C)C)c(O)c1C(S)CC(=O)O. The van der Waals surface area contributed by atoms with E-state index in [1.54, 1.807) is 6.92 Å². The number of thiol groups is 2. The van der Waals surface area contributed by atoms with Crippen LogP contribution in [0.1, 0.15) is 71.9 Å². The normalized spacial score (nSPS) is 14.2. The zero-order valence-corrected chi connectivity index (χ0v) is 16.9. The fourth-order valence-corrected chi connectivity index (χ4v) is 4.43. The first-order valence-electron chi connectivity index (χ1n) is 7.95. The van der Waals surface area contributed by atoms with Gasteiger partial charge < -0.3 is 15.3 Å². The van der Waals surface area contributed by atoms with Crippen molar-refractivity contribution < 1.29 is 24.9 Å². The molecular formula is C18H26O5S2. The minimum absolute atomic E-state index is 0.0309. The topological polar surface area (TPSA) is 94.8 Å². The Balaban J connectivity index is 3.78. The average molecular weight is 387 g/mol. The van der Waals surface area contributed by atoms with Crippen LogP contribution in [0.15, 0.2) is 0 Å². The van der Waals surface area contributed by atoms with Crippen molar-refractivity contribution in [3.63, 3.8) is 0 Å². The quantitative estimate of drug-likeness (QED) is 0.472. The van der Waals surface area contributed by atoms with Crippen molar-refractivity contribution in [2.45, 2.75) is 63.4 Å². The molecular weight excluding hydrogens is 360 g/mol. The molecule has 1 rings (SSSR count). The zero-order chi connectivity index (χ0) is 19.7. The summed E-state index contributed by atoms with van der Waals surface area (Å²) in [5.74, 6) is -1.96. The Morgan fingerprint density at radius 3 is 1.68 bits per heavy atom. The first kappa shape index (κ1) is 21.7. The molecule has 25 heavy (non-hydrogen) atoms. The third-order valence-corrected chi connectivity index (χ3v) is 5.11. The number of carbonyl (C=O) groups is 2. The Morgan fingerprint density at radius 2 is 1.32 bits per heavy atom. The molecule has 0 aliphatic rings. The summed E-state index contributed by atoms with van der Waals surface area (Å²) in [6.45, 7) is 9.40. The molecule has 1 aromatic carbocycles. The van der Waals surface area contributed by atoms with Crippen LogP contribution in [0, 0.1) is 13.8 Å². The Hall–Kier alpha value is -1.34. The van der Waals surface area contributed by atoms with Crippen molar-refractivity contribution in [2.75, 3.05) is 0 Å². The number of aliphatic carboxylic acids is 2. The molecule has 0 spiro atoms. The van der Waals surface area contributed by atoms with Gasteiger partial charge in [-0.05, 0) is 36.0 Å². The van der Waals surface area contributed by atoms with Gasteiger partial charge in [0.15, 0.2) is 0 Å². The number of rotatable bonds is 6. The van der Waals surface area contributed by atoms with Crippen LogP contribution in [0.2, 0.25) is 0 Å². The Morgan fingerprint density at radius 1 is 0.920 bits per heavy atom. The van der Waals surface area contributed by atoms with E-state index in [1.165, 1.54) is 0 Å². The summed E-state index contributed by atoms with van der Waals surface area (Å²) in [5, 5.41) is 27.8. The van der Waals surface area contributed by atoms with E-state index < -0.39 is 27.9 Å². The third kappa shape index (κ3) is 4.85. The molecule has 0 saturated carbocycles. The maximum absolute atomic E-state index is 11.1. The maximum atomic E-state index is 11.1. The number of benzene rings is 1. The lowest BCUT2D eigenvalue weighted by Crippen LogP contribution is -2.19. The van der Waals surface area contributed by atoms with Crippen molar-refractivity contribution in [2.24, 2.45) is 0 Å². The zero-order valence-electron chi connectivity index (χ0n) is 15.1. The van der Waals surface area contributed by atoms with Gasteiger partial charge in [-0.15, -0.1) is 0 Å². The van der Waals surface area contributed by atoms with Gasteiger partial charge in [-0.3, -0.25) is 9.59 Å². The average Bonchev–Trinajstić information content (AvgIpc) is 2.33. The van der Waals surface area contributed by atoms with Crippen molar-refractivity contribution in [3.05, 3.63) is 27.8 Å². The highest BCUT2D eigenvalue weighted by Crippen LogP contribution is 2.47. The van der Waals surface area contributed by atoms with E-state index in [0.29, 0.717) is 22.3 Å². The number of hydrogen-bond donors (Lipinski definition) is 5. The van der Waals surface area contributed by atoms with E-state index in [2.05, 4.69) is 25.3 Å². The van der Waals surface area contributed by atoms with Gasteiger partial charge in [-0.25, -0.2) is 0 Å². The van der Waals surface area contributed by atoms with Crippen LogP contribution in [0.4, 0.5) is 0 Å². The monoisotopic (exact) mass is 386 g/mol. The van der Waals surface area contributed by atoms with Crippen molar-refractivity contribution in [3.8, 4) is 5.75 Å². The molecule has 5 nitrogen and oxygen atoms in total. The Kier molecular flexibility index (Phi) is 6.87. The lowest BCUT2D eigenvalue weighted by molar-refractivity contribution is -0.138. The van der Waals surface area contributed by atoms with E-state index in [1.807, 2.05) is 27.7 Å². The van der Waals surface area contributed by atoms with Gasteiger partial charge in [0.1, 0.15) is 5.75 Å². The number of carboxylic acids is 2. The first-order chi connectivity index (χ1) is 11.3. The molecule has 7 heteroatoms. The van der Waals surface area contributed by atoms with E-state index in [4.69, 9.17) is 10.2 Å². The van der Waals surface area contributed by atoms with E-state index in [0.717, 1.165) is 5.56 Å². The van der Waals surface area contributed by atoms with E-state index in [-0.39, 0.29) is 18.6 Å². The molecule has 0 fully saturated rings. The summed E-state index contributed by atoms with van der Waals surface area (Å²) < 4.78 is 0. The first-order valence-corrected chi connectivity index (χ1v) is 8.98. The van der Waals surface area contributed by atoms with Crippen molar-refractivity contribution in [1.29, 1.82) is 0 Å². The minimum Gasteiger partial charge on any atom is -0.507 e. The highest BCUT2D eigenvalue weighted by atomic mass is 32.1. The number of carboxylic acid groups (broad SMARTS) is 2. The molecule has 140 valence electrons. The van der Waals surface area contributed by atoms with Gasteiger partial charge in [0.2, 0.25) is 0 Å². The van der Waals surface area contributed by atoms with Gasteiger partial charge >= 0.3 is 11.9 Å². The smallest absolute Gasteiger partial charge is 0.304 e. The summed E-state index contributed by atoms with van der Waals surface area (Å²) in [5.41, 5.74) is 2.82. The van der Waals surface area contributed by atoms with Crippen LogP contribution in [0.5, 0.6) is 5.75 Å². The maximum Gasteiger partial charge on any atom is 0.304 e. The summed E-state index contributed by atoms with van der Waals surface area (Å²) in [7, 11) is 0. The molecule has 2 unspecified atom stereocenters. The van der Waals surface area contributed by atoms with Gasteiger partial charge in [0, 0.05) is 21.6 Å². The molecule has 1 aromatic rings. The lowest BCUT2D eigenvalue weighted by atomic mass is 9.77. The van der Waals surface area contributed by atoms with Crippen LogP contribution in [-0.4, -0.2) is 27.3 Å². The predicted octanol–water partition coefficient (Wildman–Crippen LogP) is 4.20. The standard InChI is InChI=1S/C18H26O5S2/c1-8-14(10(24)6-12(19)20)9(2)16(18(3,4)5)17(23)15(8)11(25)7-13(21)22/h10-11,23-25H,6-7H2,1-5H3,(H,19,20)(H,21,22). The molecule has 2 atom stereocenters. The molecule has 0 bridgehead atoms. The van der Waals surface area contributed by atoms with Gasteiger partial charge in [0.05, 0.1) is 12.8 Å². The second-order valence-electron chi connectivity index (χ2n) is 7.28. The van der Waals surface area contributed by atoms with Crippen LogP contribution >= 0.6 is 25.3 Å². The Labute approximate surface area is 159 Å². The van der Waals surface area contributed by atoms with Crippen LogP contribution in [0.3, 0.4) is 0 Å². The fraction of sp³-hybridized carbons (Fsp3) is 0.556. The molecule has 0 saturated heterocycles. The molecule has 3 N–H and O–H groups in total. The second kappa shape index (κ2) is 7.91. The Bertz CT molecular complexity index is 643. The van der Waals surface area contributed by atoms with Crippen LogP contribution in [-0.2, 0) is 15.0 Å². The number of hydrogen-bond acceptors (Lipinski definition) is 5. The predicted molar refractivity (Wildman–Crippen MR) is 104 cm³/mol. The van der Waals surface area contributed by atoms with E-state index in [9.17, 15) is 14.7 Å². The molecule has 0 heterocycles. The summed E-state index contributed by atoms with van der Waals surface area (Å²) in [6.07, 6.45) is -0.422. The highest BCUT2D eigenvalue weighted by Gasteiger charge is 2.31. The molecule has 0 aliphatic carbocycles. The van der Waals surface area contributed by atoms with Gasteiger partial charge in [-0.1, -0.05) is 20.8 Å². The second-order valence-corrected chi connectivity index (χ2v) is 8.52. The summed E-state index contributed by atoms with van der Waals surface area (Å²) in [6, 6.07) is 0. The third-order valence-electron chi connectivity index (χ3n) is 4.23. The lowest BCUT2D eigenvalue weighted by Gasteiger charge is -2.31. The summed E-state index contributed by atoms with van der Waals surface area (Å²) >= 11 is 8.84. The van der Waals surface area contributed by atoms with Crippen LogP contribution in [0.25, 0.3) is 0 Å². The van der Waals surface area contributed by atoms with Crippen molar-refractivity contribution in [1.82, 2.24) is 0 Å². The van der Waals surface area contributed by atoms with Gasteiger partial charge in [0.25, 0.3) is 0 Å². The summed E-state index contributed by atoms with van der Waals surface area (Å²) in [4.78, 5) is 22.2. The highest BCUT2D eigenvalue weighted by molar-refractivity contribution is 7.80. The minimum atomic E-state index is -1.02. The number of phenolic OH excluding ortho intramolecular Hbond substituents is 1.